The molecule has 4 rings (SSSR count). The predicted octanol–water partition coefficient (Wildman–Crippen LogP) is 4.39. The van der Waals surface area contributed by atoms with Gasteiger partial charge in [-0.3, -0.25) is 0 Å². The van der Waals surface area contributed by atoms with E-state index < -0.39 is 0 Å². The van der Waals surface area contributed by atoms with E-state index in [1.165, 1.54) is 17.8 Å². The van der Waals surface area contributed by atoms with E-state index in [0.29, 0.717) is 0 Å². The summed E-state index contributed by atoms with van der Waals surface area (Å²) in [4.78, 5) is 0. The van der Waals surface area contributed by atoms with Gasteiger partial charge in [-0.15, -0.1) is 0 Å². The molecule has 2 bridgehead atoms. The molecule has 0 saturated heterocycles. The molecule has 0 nitrogen and oxygen atoms in total. The van der Waals surface area contributed by atoms with Crippen LogP contribution in [0.15, 0.2) is 0 Å². The molecule has 0 aliphatic heterocycles. The van der Waals surface area contributed by atoms with Crippen LogP contribution in [0, 0.1) is 29.1 Å². The van der Waals surface area contributed by atoms with Gasteiger partial charge in [0.1, 0.15) is 0 Å². The average Bonchev–Trinajstić information content (AvgIpc) is 2.76. The Bertz CT molecular complexity index is 269. The second-order valence-electron chi connectivity index (χ2n) is 7.07. The van der Waals surface area contributed by atoms with Crippen molar-refractivity contribution in [3.05, 3.63) is 0 Å². The molecule has 0 N–H and O–H groups in total. The number of rotatable bonds is 0. The highest BCUT2D eigenvalue weighted by Gasteiger charge is 2.57. The predicted molar refractivity (Wildman–Crippen MR) is 62.6 cm³/mol. The van der Waals surface area contributed by atoms with E-state index >= 15 is 0 Å². The molecule has 4 saturated carbocycles. The summed E-state index contributed by atoms with van der Waals surface area (Å²) in [6.07, 6.45) is 16.0. The molecule has 1 spiro atoms. The smallest absolute Gasteiger partial charge is 0.0261 e. The minimum Gasteiger partial charge on any atom is -0.0530 e. The lowest BCUT2D eigenvalue weighted by Gasteiger charge is -2.38. The Morgan fingerprint density at radius 3 is 2.73 bits per heavy atom. The lowest BCUT2D eigenvalue weighted by molar-refractivity contribution is 0.111. The van der Waals surface area contributed by atoms with Crippen molar-refractivity contribution in [2.24, 2.45) is 29.1 Å². The molecule has 1 unspecified atom stereocenters. The fourth-order valence-corrected chi connectivity index (χ4v) is 6.12. The molecule has 4 aliphatic carbocycles. The molecule has 0 aromatic heterocycles. The lowest BCUT2D eigenvalue weighted by Crippen LogP contribution is -2.30. The second-order valence-corrected chi connectivity index (χ2v) is 7.07. The van der Waals surface area contributed by atoms with Gasteiger partial charge in [0, 0.05) is 0 Å². The first-order valence-corrected chi connectivity index (χ1v) is 7.37. The molecule has 0 heteroatoms. The van der Waals surface area contributed by atoms with Gasteiger partial charge < -0.3 is 0 Å². The third-order valence-corrected chi connectivity index (χ3v) is 6.57. The van der Waals surface area contributed by atoms with Crippen molar-refractivity contribution in [2.45, 2.75) is 64.2 Å². The monoisotopic (exact) mass is 204 g/mol. The van der Waals surface area contributed by atoms with Gasteiger partial charge in [-0.05, 0) is 67.6 Å². The van der Waals surface area contributed by atoms with E-state index in [2.05, 4.69) is 0 Å². The quantitative estimate of drug-likeness (QED) is 0.549. The first-order valence-electron chi connectivity index (χ1n) is 7.37. The maximum Gasteiger partial charge on any atom is -0.0261 e. The summed E-state index contributed by atoms with van der Waals surface area (Å²) in [5.74, 6) is 4.68. The molecule has 0 radical (unpaired) electrons. The van der Waals surface area contributed by atoms with Crippen molar-refractivity contribution >= 4 is 0 Å². The molecule has 0 aromatic carbocycles. The van der Waals surface area contributed by atoms with Crippen LogP contribution in [0.25, 0.3) is 0 Å². The highest BCUT2D eigenvalue weighted by Crippen LogP contribution is 2.67. The van der Waals surface area contributed by atoms with Crippen molar-refractivity contribution in [2.75, 3.05) is 0 Å². The van der Waals surface area contributed by atoms with E-state index in [0.717, 1.165) is 11.3 Å². The van der Waals surface area contributed by atoms with Crippen LogP contribution in [0.4, 0.5) is 0 Å². The topological polar surface area (TPSA) is 0 Å². The van der Waals surface area contributed by atoms with Crippen molar-refractivity contribution in [1.29, 1.82) is 0 Å². The Hall–Kier alpha value is 0. The van der Waals surface area contributed by atoms with Gasteiger partial charge >= 0.3 is 0 Å². The zero-order valence-electron chi connectivity index (χ0n) is 9.88. The Morgan fingerprint density at radius 1 is 0.800 bits per heavy atom. The van der Waals surface area contributed by atoms with Crippen LogP contribution in [0.3, 0.4) is 0 Å². The van der Waals surface area contributed by atoms with Gasteiger partial charge in [-0.2, -0.15) is 0 Å². The van der Waals surface area contributed by atoms with Crippen molar-refractivity contribution in [1.82, 2.24) is 0 Å². The molecule has 15 heavy (non-hydrogen) atoms. The van der Waals surface area contributed by atoms with E-state index in [1.807, 2.05) is 0 Å². The van der Waals surface area contributed by atoms with Gasteiger partial charge in [-0.1, -0.05) is 25.7 Å². The van der Waals surface area contributed by atoms with E-state index in [1.54, 1.807) is 64.2 Å². The highest BCUT2D eigenvalue weighted by molar-refractivity contribution is 5.07. The van der Waals surface area contributed by atoms with Gasteiger partial charge in [0.2, 0.25) is 0 Å². The van der Waals surface area contributed by atoms with Crippen LogP contribution in [0.1, 0.15) is 64.2 Å². The van der Waals surface area contributed by atoms with Crippen LogP contribution in [-0.2, 0) is 0 Å². The van der Waals surface area contributed by atoms with Crippen LogP contribution in [0.5, 0.6) is 0 Å². The molecule has 4 fully saturated rings. The summed E-state index contributed by atoms with van der Waals surface area (Å²) < 4.78 is 0. The third-order valence-electron chi connectivity index (χ3n) is 6.57. The molecular weight excluding hydrogens is 180 g/mol. The van der Waals surface area contributed by atoms with Gasteiger partial charge in [-0.25, -0.2) is 0 Å². The standard InChI is InChI=1S/C15H24/c1-2-4-13-12(3-1)10-15-8-7-11(9-15)5-6-14(13)15/h11-14H,1-10H2/t11-,12-,13?,14-,15+/m0/s1. The Balaban J connectivity index is 1.68. The fraction of sp³-hybridized carbons (Fsp3) is 1.00. The van der Waals surface area contributed by atoms with E-state index in [4.69, 9.17) is 0 Å². The van der Waals surface area contributed by atoms with Crippen LogP contribution in [-0.4, -0.2) is 0 Å². The average molecular weight is 204 g/mol. The van der Waals surface area contributed by atoms with Crippen LogP contribution in [0.2, 0.25) is 0 Å². The first-order chi connectivity index (χ1) is 7.37. The SMILES string of the molecule is C1CC[C@H]2C[C@]34CC[C@H](CC[C@H]3C2C1)C4. The number of hydrogen-bond donors (Lipinski definition) is 0. The molecule has 0 amide bonds. The maximum atomic E-state index is 1.65. The maximum absolute atomic E-state index is 1.65. The van der Waals surface area contributed by atoms with Gasteiger partial charge in [0.15, 0.2) is 0 Å². The highest BCUT2D eigenvalue weighted by atomic mass is 14.6. The zero-order valence-corrected chi connectivity index (χ0v) is 9.88. The van der Waals surface area contributed by atoms with Crippen LogP contribution >= 0.6 is 0 Å². The van der Waals surface area contributed by atoms with Gasteiger partial charge in [0.05, 0.1) is 0 Å². The first kappa shape index (κ1) is 9.07. The van der Waals surface area contributed by atoms with Gasteiger partial charge in [0.25, 0.3) is 0 Å². The van der Waals surface area contributed by atoms with Crippen LogP contribution < -0.4 is 0 Å². The van der Waals surface area contributed by atoms with Crippen molar-refractivity contribution in [3.8, 4) is 0 Å². The normalized spacial score (nSPS) is 57.6. The minimum atomic E-state index is 0.891. The Kier molecular flexibility index (Phi) is 1.83. The molecule has 5 atom stereocenters. The number of hydrogen-bond acceptors (Lipinski definition) is 0. The molecule has 84 valence electrons. The fourth-order valence-electron chi connectivity index (χ4n) is 6.12. The summed E-state index contributed by atoms with van der Waals surface area (Å²) in [5, 5.41) is 0. The third kappa shape index (κ3) is 1.14. The second kappa shape index (κ2) is 3.02. The summed E-state index contributed by atoms with van der Waals surface area (Å²) in [6.45, 7) is 0. The summed E-state index contributed by atoms with van der Waals surface area (Å²) in [7, 11) is 0. The van der Waals surface area contributed by atoms with E-state index in [-0.39, 0.29) is 0 Å². The minimum absolute atomic E-state index is 0.891. The molecule has 0 heterocycles. The Morgan fingerprint density at radius 2 is 1.73 bits per heavy atom. The number of fused-ring (bicyclic) bond motifs is 3. The van der Waals surface area contributed by atoms with Crippen molar-refractivity contribution in [3.63, 3.8) is 0 Å². The van der Waals surface area contributed by atoms with E-state index in [9.17, 15) is 0 Å². The molecule has 4 aliphatic rings. The Labute approximate surface area is 93.8 Å². The zero-order chi connectivity index (χ0) is 9.88. The largest absolute Gasteiger partial charge is 0.0530 e. The molecular formula is C15H24. The summed E-state index contributed by atoms with van der Waals surface area (Å²) >= 11 is 0. The lowest BCUT2D eigenvalue weighted by atomic mass is 9.66. The van der Waals surface area contributed by atoms with Crippen molar-refractivity contribution < 1.29 is 0 Å². The summed E-state index contributed by atoms with van der Waals surface area (Å²) in [5.41, 5.74) is 0.891. The molecule has 0 aromatic rings. The summed E-state index contributed by atoms with van der Waals surface area (Å²) in [6, 6.07) is 0.